The second kappa shape index (κ2) is 12.0. The van der Waals surface area contributed by atoms with Gasteiger partial charge in [-0.1, -0.05) is 42.5 Å². The molecule has 0 spiro atoms. The number of carbonyl (C=O) groups excluding carboxylic acids is 2. The number of hydrogen-bond acceptors (Lipinski definition) is 3. The summed E-state index contributed by atoms with van der Waals surface area (Å²) in [5.74, 6) is -4.77. The van der Waals surface area contributed by atoms with Crippen LogP contribution in [0.25, 0.3) is 12.2 Å². The molecule has 38 heavy (non-hydrogen) atoms. The molecule has 1 amide bonds. The number of Topliss-reactive ketones (excluding diaryl/α,β-unsaturated/α-hetero) is 1. The van der Waals surface area contributed by atoms with E-state index in [1.165, 1.54) is 29.2 Å². The van der Waals surface area contributed by atoms with Gasteiger partial charge in [-0.2, -0.15) is 0 Å². The van der Waals surface area contributed by atoms with E-state index >= 15 is 0 Å². The van der Waals surface area contributed by atoms with Crippen molar-refractivity contribution in [1.29, 1.82) is 0 Å². The molecule has 0 atom stereocenters. The zero-order valence-electron chi connectivity index (χ0n) is 20.8. The molecule has 1 fully saturated rings. The van der Waals surface area contributed by atoms with Gasteiger partial charge in [-0.25, -0.2) is 17.6 Å². The topological polar surface area (TPSA) is 40.6 Å². The number of carbonyl (C=O) groups is 2. The summed E-state index contributed by atoms with van der Waals surface area (Å²) in [5, 5.41) is 0. The molecule has 4 nitrogen and oxygen atoms in total. The molecule has 1 aliphatic rings. The van der Waals surface area contributed by atoms with Gasteiger partial charge < -0.3 is 9.80 Å². The van der Waals surface area contributed by atoms with Crippen molar-refractivity contribution >= 4 is 23.8 Å². The Balaban J connectivity index is 1.56. The molecular formula is C30H26F4N2O2. The number of halogens is 4. The lowest BCUT2D eigenvalue weighted by Gasteiger charge is -2.30. The van der Waals surface area contributed by atoms with Crippen molar-refractivity contribution in [3.05, 3.63) is 118 Å². The summed E-state index contributed by atoms with van der Waals surface area (Å²) in [6, 6.07) is 16.3. The van der Waals surface area contributed by atoms with Crippen LogP contribution < -0.4 is 0 Å². The summed E-state index contributed by atoms with van der Waals surface area (Å²) in [4.78, 5) is 29.9. The van der Waals surface area contributed by atoms with Gasteiger partial charge in [0.1, 0.15) is 0 Å². The van der Waals surface area contributed by atoms with E-state index in [9.17, 15) is 27.2 Å². The van der Waals surface area contributed by atoms with E-state index < -0.39 is 29.1 Å². The zero-order valence-corrected chi connectivity index (χ0v) is 20.8. The van der Waals surface area contributed by atoms with Gasteiger partial charge in [-0.05, 0) is 60.2 Å². The number of rotatable bonds is 7. The van der Waals surface area contributed by atoms with Crippen LogP contribution in [0.15, 0.2) is 77.9 Å². The van der Waals surface area contributed by atoms with Gasteiger partial charge >= 0.3 is 0 Å². The van der Waals surface area contributed by atoms with E-state index in [-0.39, 0.29) is 47.7 Å². The first kappa shape index (κ1) is 27.0. The number of nitrogens with zero attached hydrogens (tertiary/aromatic N) is 2. The van der Waals surface area contributed by atoms with E-state index in [0.717, 1.165) is 29.8 Å². The Hall–Kier alpha value is -4.04. The van der Waals surface area contributed by atoms with Crippen molar-refractivity contribution in [3.8, 4) is 0 Å². The van der Waals surface area contributed by atoms with Crippen LogP contribution in [0.3, 0.4) is 0 Å². The average molecular weight is 523 g/mol. The van der Waals surface area contributed by atoms with E-state index in [2.05, 4.69) is 0 Å². The Morgan fingerprint density at radius 1 is 0.816 bits per heavy atom. The molecule has 196 valence electrons. The average Bonchev–Trinajstić information content (AvgIpc) is 2.89. The molecular weight excluding hydrogens is 496 g/mol. The van der Waals surface area contributed by atoms with E-state index in [1.807, 2.05) is 42.3 Å². The number of hydrogen-bond donors (Lipinski definition) is 0. The van der Waals surface area contributed by atoms with Crippen LogP contribution in [0.4, 0.5) is 17.6 Å². The molecule has 3 aromatic carbocycles. The second-order valence-corrected chi connectivity index (χ2v) is 9.24. The summed E-state index contributed by atoms with van der Waals surface area (Å²) in [6.45, 7) is 1.10. The molecule has 3 aromatic rings. The normalized spacial score (nSPS) is 16.1. The fraction of sp³-hybridized carbons (Fsp3) is 0.200. The van der Waals surface area contributed by atoms with Crippen LogP contribution in [0.2, 0.25) is 0 Å². The molecule has 8 heteroatoms. The van der Waals surface area contributed by atoms with Crippen molar-refractivity contribution in [2.45, 2.75) is 13.0 Å². The molecule has 1 heterocycles. The Kier molecular flexibility index (Phi) is 8.53. The van der Waals surface area contributed by atoms with Gasteiger partial charge in [0.25, 0.3) is 0 Å². The molecule has 0 N–H and O–H groups in total. The maximum Gasteiger partial charge on any atom is 0.224 e. The number of likely N-dealkylation sites (tertiary alicyclic amines) is 1. The molecule has 0 radical (unpaired) electrons. The molecule has 0 saturated carbocycles. The third-order valence-electron chi connectivity index (χ3n) is 6.23. The number of ketones is 1. The summed E-state index contributed by atoms with van der Waals surface area (Å²) < 4.78 is 54.3. The SMILES string of the molecule is CN(CCC(=O)N1C/C(=C\c2ccc(F)c(F)c2)C(=O)/C(=C/c2ccc(F)c(F)c2)C1)Cc1ccccc1. The first-order chi connectivity index (χ1) is 18.2. The Bertz CT molecular complexity index is 1330. The summed E-state index contributed by atoms with van der Waals surface area (Å²) in [6.07, 6.45) is 3.00. The Labute approximate surface area is 218 Å². The van der Waals surface area contributed by atoms with Crippen LogP contribution in [0, 0.1) is 23.3 Å². The molecule has 0 aromatic heterocycles. The molecule has 1 aliphatic heterocycles. The van der Waals surface area contributed by atoms with Gasteiger partial charge in [-0.3, -0.25) is 9.59 Å². The van der Waals surface area contributed by atoms with E-state index in [0.29, 0.717) is 13.1 Å². The number of amides is 1. The molecule has 4 rings (SSSR count). The van der Waals surface area contributed by atoms with Crippen molar-refractivity contribution in [1.82, 2.24) is 9.80 Å². The van der Waals surface area contributed by atoms with Crippen molar-refractivity contribution in [2.24, 2.45) is 0 Å². The van der Waals surface area contributed by atoms with Gasteiger partial charge in [0, 0.05) is 43.7 Å². The van der Waals surface area contributed by atoms with Gasteiger partial charge in [-0.15, -0.1) is 0 Å². The highest BCUT2D eigenvalue weighted by Gasteiger charge is 2.29. The predicted molar refractivity (Wildman–Crippen MR) is 138 cm³/mol. The van der Waals surface area contributed by atoms with Crippen molar-refractivity contribution in [2.75, 3.05) is 26.7 Å². The van der Waals surface area contributed by atoms with Crippen LogP contribution in [-0.4, -0.2) is 48.2 Å². The van der Waals surface area contributed by atoms with E-state index in [1.54, 1.807) is 0 Å². The minimum absolute atomic E-state index is 0.0197. The lowest BCUT2D eigenvalue weighted by atomic mass is 9.94. The molecule has 1 saturated heterocycles. The lowest BCUT2D eigenvalue weighted by molar-refractivity contribution is -0.131. The van der Waals surface area contributed by atoms with Gasteiger partial charge in [0.05, 0.1) is 0 Å². The summed E-state index contributed by atoms with van der Waals surface area (Å²) in [7, 11) is 1.91. The fourth-order valence-corrected chi connectivity index (χ4v) is 4.24. The van der Waals surface area contributed by atoms with Crippen LogP contribution in [0.5, 0.6) is 0 Å². The molecule has 0 bridgehead atoms. The standard InChI is InChI=1S/C30H26F4N2O2/c1-35(17-20-5-3-2-4-6-20)12-11-29(37)36-18-23(13-21-7-9-25(31)27(33)15-21)30(38)24(19-36)14-22-8-10-26(32)28(34)16-22/h2-10,13-16H,11-12,17-19H2,1H3/b23-13+,24-14+. The smallest absolute Gasteiger partial charge is 0.224 e. The van der Waals surface area contributed by atoms with Crippen LogP contribution >= 0.6 is 0 Å². The first-order valence-corrected chi connectivity index (χ1v) is 12.1. The maximum atomic E-state index is 13.8. The predicted octanol–water partition coefficient (Wildman–Crippen LogP) is 5.64. The highest BCUT2D eigenvalue weighted by Crippen LogP contribution is 2.24. The second-order valence-electron chi connectivity index (χ2n) is 9.24. The number of piperidine rings is 1. The minimum atomic E-state index is -1.06. The third-order valence-corrected chi connectivity index (χ3v) is 6.23. The van der Waals surface area contributed by atoms with Crippen molar-refractivity contribution in [3.63, 3.8) is 0 Å². The maximum absolute atomic E-state index is 13.8. The minimum Gasteiger partial charge on any atom is -0.334 e. The third kappa shape index (κ3) is 6.83. The number of benzene rings is 3. The zero-order chi connectivity index (χ0) is 27.2. The van der Waals surface area contributed by atoms with Crippen molar-refractivity contribution < 1.29 is 27.2 Å². The monoisotopic (exact) mass is 522 g/mol. The van der Waals surface area contributed by atoms with Gasteiger partial charge in [0.15, 0.2) is 29.1 Å². The highest BCUT2D eigenvalue weighted by molar-refractivity contribution is 6.15. The Morgan fingerprint density at radius 2 is 1.34 bits per heavy atom. The van der Waals surface area contributed by atoms with Crippen LogP contribution in [-0.2, 0) is 16.1 Å². The largest absolute Gasteiger partial charge is 0.334 e. The molecule has 0 aliphatic carbocycles. The van der Waals surface area contributed by atoms with Gasteiger partial charge in [0.2, 0.25) is 5.91 Å². The summed E-state index contributed by atoms with van der Waals surface area (Å²) >= 11 is 0. The van der Waals surface area contributed by atoms with Crippen LogP contribution in [0.1, 0.15) is 23.1 Å². The quantitative estimate of drug-likeness (QED) is 0.298. The van der Waals surface area contributed by atoms with E-state index in [4.69, 9.17) is 0 Å². The highest BCUT2D eigenvalue weighted by atomic mass is 19.2. The Morgan fingerprint density at radius 3 is 1.84 bits per heavy atom. The lowest BCUT2D eigenvalue weighted by Crippen LogP contribution is -2.42. The fourth-order valence-electron chi connectivity index (χ4n) is 4.24. The molecule has 0 unspecified atom stereocenters. The summed E-state index contributed by atoms with van der Waals surface area (Å²) in [5.41, 5.74) is 2.02. The first-order valence-electron chi connectivity index (χ1n) is 12.1.